The number of ether oxygens (including phenoxy) is 2. The molecule has 1 amide bonds. The van der Waals surface area contributed by atoms with Crippen molar-refractivity contribution in [2.24, 2.45) is 0 Å². The Morgan fingerprint density at radius 3 is 2.50 bits per heavy atom. The van der Waals surface area contributed by atoms with Crippen LogP contribution in [0.4, 0.5) is 0 Å². The van der Waals surface area contributed by atoms with Crippen LogP contribution in [0.5, 0.6) is 5.75 Å². The topological polar surface area (TPSA) is 56.6 Å². The summed E-state index contributed by atoms with van der Waals surface area (Å²) < 4.78 is 12.8. The Labute approximate surface area is 168 Å². The van der Waals surface area contributed by atoms with Crippen LogP contribution in [-0.2, 0) is 4.74 Å². The molecular formula is C21H23N3O3S. The molecule has 2 aromatic heterocycles. The van der Waals surface area contributed by atoms with Crippen LogP contribution in [0.1, 0.15) is 24.3 Å². The summed E-state index contributed by atoms with van der Waals surface area (Å²) in [5, 5.41) is 6.75. The number of thiophene rings is 1. The second-order valence-corrected chi connectivity index (χ2v) is 7.92. The van der Waals surface area contributed by atoms with E-state index in [0.717, 1.165) is 22.0 Å². The Bertz CT molecular complexity index is 940. The smallest absolute Gasteiger partial charge is 0.272 e. The first-order valence-electron chi connectivity index (χ1n) is 9.28. The van der Waals surface area contributed by atoms with Crippen molar-refractivity contribution < 1.29 is 14.3 Å². The standard InChI is InChI=1S/C21H23N3O3S/c1-14-12-23(13-15(2)27-14)21(25)19-11-18(20-5-4-10-28-20)22-24(19)16-6-8-17(26-3)9-7-16/h4-11,14-15H,12-13H2,1-3H3/t14-,15+. The second kappa shape index (κ2) is 7.77. The molecule has 2 atom stereocenters. The van der Waals surface area contributed by atoms with Crippen molar-refractivity contribution >= 4 is 17.2 Å². The SMILES string of the molecule is COc1ccc(-n2nc(-c3cccs3)cc2C(=O)N2C[C@@H](C)O[C@@H](C)C2)cc1. The fraction of sp³-hybridized carbons (Fsp3) is 0.333. The summed E-state index contributed by atoms with van der Waals surface area (Å²) >= 11 is 1.61. The Kier molecular flexibility index (Phi) is 5.19. The third-order valence-corrected chi connectivity index (χ3v) is 5.62. The highest BCUT2D eigenvalue weighted by atomic mass is 32.1. The number of amides is 1. The van der Waals surface area contributed by atoms with Crippen molar-refractivity contribution in [1.29, 1.82) is 0 Å². The van der Waals surface area contributed by atoms with Crippen molar-refractivity contribution in [3.05, 3.63) is 53.5 Å². The molecule has 0 aliphatic carbocycles. The molecule has 0 bridgehead atoms. The summed E-state index contributed by atoms with van der Waals surface area (Å²) in [7, 11) is 1.63. The molecule has 28 heavy (non-hydrogen) atoms. The number of carbonyl (C=O) groups is 1. The van der Waals surface area contributed by atoms with Gasteiger partial charge in [-0.25, -0.2) is 4.68 Å². The van der Waals surface area contributed by atoms with Crippen LogP contribution in [0.25, 0.3) is 16.3 Å². The number of hydrogen-bond acceptors (Lipinski definition) is 5. The van der Waals surface area contributed by atoms with E-state index >= 15 is 0 Å². The van der Waals surface area contributed by atoms with E-state index < -0.39 is 0 Å². The lowest BCUT2D eigenvalue weighted by molar-refractivity contribution is -0.0588. The first kappa shape index (κ1) is 18.7. The number of rotatable bonds is 4. The summed E-state index contributed by atoms with van der Waals surface area (Å²) in [5.41, 5.74) is 2.17. The summed E-state index contributed by atoms with van der Waals surface area (Å²) in [6.45, 7) is 5.14. The van der Waals surface area contributed by atoms with Gasteiger partial charge in [0.15, 0.2) is 0 Å². The number of hydrogen-bond donors (Lipinski definition) is 0. The zero-order chi connectivity index (χ0) is 19.7. The second-order valence-electron chi connectivity index (χ2n) is 6.97. The molecule has 0 N–H and O–H groups in total. The largest absolute Gasteiger partial charge is 0.497 e. The van der Waals surface area contributed by atoms with Gasteiger partial charge in [-0.1, -0.05) is 6.07 Å². The lowest BCUT2D eigenvalue weighted by Crippen LogP contribution is -2.48. The molecule has 0 unspecified atom stereocenters. The lowest BCUT2D eigenvalue weighted by atomic mass is 10.2. The monoisotopic (exact) mass is 397 g/mol. The average molecular weight is 398 g/mol. The maximum Gasteiger partial charge on any atom is 0.272 e. The quantitative estimate of drug-likeness (QED) is 0.671. The van der Waals surface area contributed by atoms with E-state index in [0.29, 0.717) is 18.8 Å². The molecule has 1 aliphatic heterocycles. The van der Waals surface area contributed by atoms with Crippen molar-refractivity contribution in [2.45, 2.75) is 26.1 Å². The van der Waals surface area contributed by atoms with E-state index in [1.807, 2.05) is 66.6 Å². The highest BCUT2D eigenvalue weighted by Crippen LogP contribution is 2.27. The molecule has 146 valence electrons. The van der Waals surface area contributed by atoms with Gasteiger partial charge < -0.3 is 14.4 Å². The number of morpholine rings is 1. The summed E-state index contributed by atoms with van der Waals surface area (Å²) in [6, 6.07) is 13.4. The summed E-state index contributed by atoms with van der Waals surface area (Å²) in [4.78, 5) is 16.3. The van der Waals surface area contributed by atoms with Gasteiger partial charge in [-0.05, 0) is 55.6 Å². The number of nitrogens with zero attached hydrogens (tertiary/aromatic N) is 3. The predicted molar refractivity (Wildman–Crippen MR) is 109 cm³/mol. The number of aromatic nitrogens is 2. The predicted octanol–water partition coefficient (Wildman–Crippen LogP) is 3.86. The van der Waals surface area contributed by atoms with Crippen molar-refractivity contribution in [2.75, 3.05) is 20.2 Å². The average Bonchev–Trinajstić information content (AvgIpc) is 3.36. The van der Waals surface area contributed by atoms with Gasteiger partial charge in [0.1, 0.15) is 17.1 Å². The number of carbonyl (C=O) groups excluding carboxylic acids is 1. The first-order valence-corrected chi connectivity index (χ1v) is 10.2. The zero-order valence-corrected chi connectivity index (χ0v) is 17.0. The van der Waals surface area contributed by atoms with Crippen LogP contribution in [-0.4, -0.2) is 53.0 Å². The molecule has 0 saturated carbocycles. The minimum Gasteiger partial charge on any atom is -0.497 e. The Morgan fingerprint density at radius 1 is 1.18 bits per heavy atom. The van der Waals surface area contributed by atoms with E-state index in [4.69, 9.17) is 14.6 Å². The fourth-order valence-corrected chi connectivity index (χ4v) is 4.19. The van der Waals surface area contributed by atoms with E-state index in [2.05, 4.69) is 0 Å². The molecule has 1 aromatic carbocycles. The van der Waals surface area contributed by atoms with E-state index in [-0.39, 0.29) is 18.1 Å². The third-order valence-electron chi connectivity index (χ3n) is 4.73. The molecule has 3 aromatic rings. The van der Waals surface area contributed by atoms with E-state index in [1.165, 1.54) is 0 Å². The van der Waals surface area contributed by atoms with Crippen LogP contribution in [0, 0.1) is 0 Å². The lowest BCUT2D eigenvalue weighted by Gasteiger charge is -2.35. The van der Waals surface area contributed by atoms with Gasteiger partial charge in [0, 0.05) is 13.1 Å². The van der Waals surface area contributed by atoms with Crippen LogP contribution in [0.3, 0.4) is 0 Å². The van der Waals surface area contributed by atoms with Gasteiger partial charge in [-0.15, -0.1) is 11.3 Å². The number of methoxy groups -OCH3 is 1. The van der Waals surface area contributed by atoms with Crippen LogP contribution in [0.15, 0.2) is 47.8 Å². The van der Waals surface area contributed by atoms with Crippen molar-refractivity contribution in [3.8, 4) is 22.0 Å². The summed E-state index contributed by atoms with van der Waals surface area (Å²) in [6.07, 6.45) is 0.0312. The normalized spacial score (nSPS) is 19.6. The molecule has 1 fully saturated rings. The highest BCUT2D eigenvalue weighted by molar-refractivity contribution is 7.13. The third kappa shape index (κ3) is 3.68. The van der Waals surface area contributed by atoms with Gasteiger partial charge in [0.05, 0.1) is 29.9 Å². The molecule has 3 heterocycles. The Balaban J connectivity index is 1.74. The maximum atomic E-state index is 13.4. The fourth-order valence-electron chi connectivity index (χ4n) is 3.50. The molecule has 7 heteroatoms. The summed E-state index contributed by atoms with van der Waals surface area (Å²) in [5.74, 6) is 0.728. The molecule has 0 radical (unpaired) electrons. The van der Waals surface area contributed by atoms with Crippen molar-refractivity contribution in [3.63, 3.8) is 0 Å². The van der Waals surface area contributed by atoms with Gasteiger partial charge >= 0.3 is 0 Å². The minimum absolute atomic E-state index is 0.0156. The van der Waals surface area contributed by atoms with E-state index in [1.54, 1.807) is 23.1 Å². The molecular weight excluding hydrogens is 374 g/mol. The zero-order valence-electron chi connectivity index (χ0n) is 16.2. The maximum absolute atomic E-state index is 13.4. The Morgan fingerprint density at radius 2 is 1.89 bits per heavy atom. The molecule has 6 nitrogen and oxygen atoms in total. The minimum atomic E-state index is -0.0341. The number of benzene rings is 1. The van der Waals surface area contributed by atoms with Crippen LogP contribution in [0.2, 0.25) is 0 Å². The van der Waals surface area contributed by atoms with E-state index in [9.17, 15) is 4.79 Å². The van der Waals surface area contributed by atoms with Gasteiger partial charge in [0.2, 0.25) is 0 Å². The van der Waals surface area contributed by atoms with Gasteiger partial charge in [-0.3, -0.25) is 4.79 Å². The Hall–Kier alpha value is -2.64. The molecule has 1 saturated heterocycles. The molecule has 4 rings (SSSR count). The van der Waals surface area contributed by atoms with Gasteiger partial charge in [-0.2, -0.15) is 5.10 Å². The van der Waals surface area contributed by atoms with Crippen LogP contribution < -0.4 is 4.74 Å². The highest BCUT2D eigenvalue weighted by Gasteiger charge is 2.29. The first-order chi connectivity index (χ1) is 13.5. The van der Waals surface area contributed by atoms with Crippen molar-refractivity contribution in [1.82, 2.24) is 14.7 Å². The molecule has 1 aliphatic rings. The van der Waals surface area contributed by atoms with Crippen LogP contribution >= 0.6 is 11.3 Å². The molecule has 0 spiro atoms. The van der Waals surface area contributed by atoms with Gasteiger partial charge in [0.25, 0.3) is 5.91 Å².